The lowest BCUT2D eigenvalue weighted by Crippen LogP contribution is -2.07. The van der Waals surface area contributed by atoms with E-state index in [0.717, 1.165) is 16.5 Å². The van der Waals surface area contributed by atoms with Gasteiger partial charge < -0.3 is 5.73 Å². The van der Waals surface area contributed by atoms with Gasteiger partial charge in [-0.05, 0) is 36.6 Å². The molecule has 0 saturated heterocycles. The number of anilines is 1. The van der Waals surface area contributed by atoms with Crippen molar-refractivity contribution < 1.29 is 0 Å². The Hall–Kier alpha value is -1.14. The van der Waals surface area contributed by atoms with E-state index in [1.165, 1.54) is 37.0 Å². The van der Waals surface area contributed by atoms with Crippen molar-refractivity contribution >= 4 is 17.4 Å². The molecule has 1 aromatic rings. The van der Waals surface area contributed by atoms with E-state index >= 15 is 0 Å². The Morgan fingerprint density at radius 2 is 2.06 bits per heavy atom. The van der Waals surface area contributed by atoms with Gasteiger partial charge in [0.25, 0.3) is 0 Å². The van der Waals surface area contributed by atoms with Crippen molar-refractivity contribution in [3.63, 3.8) is 0 Å². The SMILES string of the molecule is N#CCc1cc(SC2CCCCC2)ccc1N. The van der Waals surface area contributed by atoms with E-state index in [0.29, 0.717) is 6.42 Å². The standard InChI is InChI=1S/C14H18N2S/c15-9-8-11-10-13(6-7-14(11)16)17-12-4-2-1-3-5-12/h6-7,10,12H,1-5,8,16H2. The second-order valence-corrected chi connectivity index (χ2v) is 5.95. The Labute approximate surface area is 107 Å². The summed E-state index contributed by atoms with van der Waals surface area (Å²) in [6, 6.07) is 8.25. The van der Waals surface area contributed by atoms with Crippen LogP contribution in [-0.4, -0.2) is 5.25 Å². The third-order valence-corrected chi connectivity index (χ3v) is 4.57. The van der Waals surface area contributed by atoms with Crippen molar-refractivity contribution in [3.05, 3.63) is 23.8 Å². The van der Waals surface area contributed by atoms with Crippen molar-refractivity contribution in [2.75, 3.05) is 5.73 Å². The molecule has 0 radical (unpaired) electrons. The Morgan fingerprint density at radius 1 is 1.29 bits per heavy atom. The Morgan fingerprint density at radius 3 is 2.76 bits per heavy atom. The quantitative estimate of drug-likeness (QED) is 0.826. The molecule has 0 bridgehead atoms. The van der Waals surface area contributed by atoms with Gasteiger partial charge in [-0.15, -0.1) is 11.8 Å². The number of hydrogen-bond acceptors (Lipinski definition) is 3. The number of nitrogens with two attached hydrogens (primary N) is 1. The molecule has 1 aliphatic rings. The lowest BCUT2D eigenvalue weighted by Gasteiger charge is -2.21. The average molecular weight is 246 g/mol. The molecule has 0 atom stereocenters. The first-order valence-electron chi connectivity index (χ1n) is 6.21. The van der Waals surface area contributed by atoms with Crippen LogP contribution in [0.4, 0.5) is 5.69 Å². The van der Waals surface area contributed by atoms with Crippen LogP contribution in [0.25, 0.3) is 0 Å². The van der Waals surface area contributed by atoms with Crippen molar-refractivity contribution in [2.45, 2.75) is 48.7 Å². The molecule has 0 amide bonds. The van der Waals surface area contributed by atoms with Gasteiger partial charge in [0.15, 0.2) is 0 Å². The topological polar surface area (TPSA) is 49.8 Å². The Bertz CT molecular complexity index is 417. The van der Waals surface area contributed by atoms with E-state index in [1.807, 2.05) is 17.8 Å². The molecule has 2 rings (SSSR count). The summed E-state index contributed by atoms with van der Waals surface area (Å²) in [5.74, 6) is 0. The largest absolute Gasteiger partial charge is 0.398 e. The van der Waals surface area contributed by atoms with E-state index < -0.39 is 0 Å². The highest BCUT2D eigenvalue weighted by atomic mass is 32.2. The molecule has 0 aliphatic heterocycles. The number of rotatable bonds is 3. The highest BCUT2D eigenvalue weighted by Gasteiger charge is 2.14. The summed E-state index contributed by atoms with van der Waals surface area (Å²) in [6.07, 6.45) is 7.16. The third kappa shape index (κ3) is 3.41. The molecule has 0 aromatic heterocycles. The fourth-order valence-corrected chi connectivity index (χ4v) is 3.58. The van der Waals surface area contributed by atoms with Crippen LogP contribution in [0, 0.1) is 11.3 Å². The van der Waals surface area contributed by atoms with Crippen LogP contribution in [0.1, 0.15) is 37.7 Å². The van der Waals surface area contributed by atoms with Gasteiger partial charge in [0.1, 0.15) is 0 Å². The maximum atomic E-state index is 8.74. The lowest BCUT2D eigenvalue weighted by atomic mass is 10.0. The van der Waals surface area contributed by atoms with Gasteiger partial charge in [-0.25, -0.2) is 0 Å². The molecule has 0 unspecified atom stereocenters. The van der Waals surface area contributed by atoms with Crippen molar-refractivity contribution in [1.82, 2.24) is 0 Å². The van der Waals surface area contributed by atoms with Crippen LogP contribution in [0.15, 0.2) is 23.1 Å². The molecule has 90 valence electrons. The molecule has 3 heteroatoms. The van der Waals surface area contributed by atoms with Gasteiger partial charge >= 0.3 is 0 Å². The van der Waals surface area contributed by atoms with Gasteiger partial charge in [0.2, 0.25) is 0 Å². The van der Waals surface area contributed by atoms with Gasteiger partial charge in [0.05, 0.1) is 12.5 Å². The fraction of sp³-hybridized carbons (Fsp3) is 0.500. The predicted octanol–water partition coefficient (Wildman–Crippen LogP) is 3.76. The first kappa shape index (κ1) is 12.3. The summed E-state index contributed by atoms with van der Waals surface area (Å²) in [6.45, 7) is 0. The second kappa shape index (κ2) is 5.97. The van der Waals surface area contributed by atoms with Gasteiger partial charge in [0, 0.05) is 15.8 Å². The first-order valence-corrected chi connectivity index (χ1v) is 7.09. The Kier molecular flexibility index (Phi) is 4.33. The zero-order valence-corrected chi connectivity index (χ0v) is 10.8. The summed E-state index contributed by atoms with van der Waals surface area (Å²) in [4.78, 5) is 1.26. The first-order chi connectivity index (χ1) is 8.29. The number of nitrogens with zero attached hydrogens (tertiary/aromatic N) is 1. The molecular formula is C14H18N2S. The number of nitrogen functional groups attached to an aromatic ring is 1. The second-order valence-electron chi connectivity index (χ2n) is 4.57. The summed E-state index contributed by atoms with van der Waals surface area (Å²) in [5, 5.41) is 9.50. The molecule has 0 spiro atoms. The molecule has 2 N–H and O–H groups in total. The normalized spacial score (nSPS) is 16.6. The summed E-state index contributed by atoms with van der Waals surface area (Å²) < 4.78 is 0. The molecular weight excluding hydrogens is 228 g/mol. The number of thioether (sulfide) groups is 1. The monoisotopic (exact) mass is 246 g/mol. The van der Waals surface area contributed by atoms with Gasteiger partial charge in [-0.1, -0.05) is 19.3 Å². The van der Waals surface area contributed by atoms with Crippen LogP contribution in [-0.2, 0) is 6.42 Å². The maximum absolute atomic E-state index is 8.74. The van der Waals surface area contributed by atoms with Crippen LogP contribution in [0.3, 0.4) is 0 Å². The van der Waals surface area contributed by atoms with E-state index in [-0.39, 0.29) is 0 Å². The number of hydrogen-bond donors (Lipinski definition) is 1. The molecule has 2 nitrogen and oxygen atoms in total. The smallest absolute Gasteiger partial charge is 0.0670 e. The van der Waals surface area contributed by atoms with E-state index in [9.17, 15) is 0 Å². The maximum Gasteiger partial charge on any atom is 0.0670 e. The van der Waals surface area contributed by atoms with Crippen LogP contribution in [0.5, 0.6) is 0 Å². The predicted molar refractivity (Wildman–Crippen MR) is 72.9 cm³/mol. The van der Waals surface area contributed by atoms with E-state index in [1.54, 1.807) is 0 Å². The minimum Gasteiger partial charge on any atom is -0.398 e. The molecule has 1 fully saturated rings. The third-order valence-electron chi connectivity index (χ3n) is 3.24. The summed E-state index contributed by atoms with van der Waals surface area (Å²) >= 11 is 1.95. The molecule has 1 aliphatic carbocycles. The fourth-order valence-electron chi connectivity index (χ4n) is 2.27. The van der Waals surface area contributed by atoms with Gasteiger partial charge in [-0.2, -0.15) is 5.26 Å². The average Bonchev–Trinajstić information content (AvgIpc) is 2.35. The zero-order chi connectivity index (χ0) is 12.1. The molecule has 1 saturated carbocycles. The van der Waals surface area contributed by atoms with Crippen molar-refractivity contribution in [2.24, 2.45) is 0 Å². The lowest BCUT2D eigenvalue weighted by molar-refractivity contribution is 0.516. The van der Waals surface area contributed by atoms with Crippen LogP contribution < -0.4 is 5.73 Å². The van der Waals surface area contributed by atoms with E-state index in [2.05, 4.69) is 18.2 Å². The van der Waals surface area contributed by atoms with Crippen molar-refractivity contribution in [1.29, 1.82) is 5.26 Å². The molecule has 17 heavy (non-hydrogen) atoms. The van der Waals surface area contributed by atoms with Crippen LogP contribution >= 0.6 is 11.8 Å². The number of benzene rings is 1. The van der Waals surface area contributed by atoms with E-state index in [4.69, 9.17) is 11.0 Å². The minimum atomic E-state index is 0.408. The molecule has 0 heterocycles. The highest BCUT2D eigenvalue weighted by Crippen LogP contribution is 2.34. The summed E-state index contributed by atoms with van der Waals surface area (Å²) in [5.41, 5.74) is 7.55. The minimum absolute atomic E-state index is 0.408. The Balaban J connectivity index is 2.05. The number of nitriles is 1. The summed E-state index contributed by atoms with van der Waals surface area (Å²) in [7, 11) is 0. The zero-order valence-electron chi connectivity index (χ0n) is 9.98. The highest BCUT2D eigenvalue weighted by molar-refractivity contribution is 8.00. The van der Waals surface area contributed by atoms with Gasteiger partial charge in [-0.3, -0.25) is 0 Å². The van der Waals surface area contributed by atoms with Crippen LogP contribution in [0.2, 0.25) is 0 Å². The molecule has 1 aromatic carbocycles. The van der Waals surface area contributed by atoms with Crippen molar-refractivity contribution in [3.8, 4) is 6.07 Å².